The highest BCUT2D eigenvalue weighted by atomic mass is 32.2. The zero-order valence-electron chi connectivity index (χ0n) is 10.2. The SMILES string of the molecule is O=c1ccc(S(=O)(=O)Nc2ccc(C(F)(F)F)nc2)c[nH]1. The summed E-state index contributed by atoms with van der Waals surface area (Å²) < 4.78 is 62.9. The van der Waals surface area contributed by atoms with Crippen molar-refractivity contribution in [3.8, 4) is 0 Å². The number of halogens is 3. The monoisotopic (exact) mass is 319 g/mol. The van der Waals surface area contributed by atoms with Crippen molar-refractivity contribution < 1.29 is 21.6 Å². The maximum Gasteiger partial charge on any atom is 0.433 e. The normalized spacial score (nSPS) is 12.1. The van der Waals surface area contributed by atoms with Crippen LogP contribution in [0.2, 0.25) is 0 Å². The molecule has 21 heavy (non-hydrogen) atoms. The van der Waals surface area contributed by atoms with Gasteiger partial charge in [-0.3, -0.25) is 9.52 Å². The highest BCUT2D eigenvalue weighted by Crippen LogP contribution is 2.28. The van der Waals surface area contributed by atoms with Crippen molar-refractivity contribution in [3.63, 3.8) is 0 Å². The van der Waals surface area contributed by atoms with E-state index in [2.05, 4.69) is 14.7 Å². The first kappa shape index (κ1) is 15.0. The Morgan fingerprint density at radius 1 is 1.14 bits per heavy atom. The topological polar surface area (TPSA) is 91.9 Å². The summed E-state index contributed by atoms with van der Waals surface area (Å²) in [7, 11) is -4.02. The van der Waals surface area contributed by atoms with Crippen molar-refractivity contribution in [2.45, 2.75) is 11.1 Å². The molecule has 2 aromatic heterocycles. The van der Waals surface area contributed by atoms with Crippen molar-refractivity contribution in [1.82, 2.24) is 9.97 Å². The maximum absolute atomic E-state index is 12.3. The highest BCUT2D eigenvalue weighted by molar-refractivity contribution is 7.92. The third-order valence-corrected chi connectivity index (χ3v) is 3.75. The molecule has 2 aromatic rings. The number of nitrogens with one attached hydrogen (secondary N) is 2. The lowest BCUT2D eigenvalue weighted by Gasteiger charge is -2.09. The van der Waals surface area contributed by atoms with Crippen LogP contribution in [-0.2, 0) is 16.2 Å². The van der Waals surface area contributed by atoms with Gasteiger partial charge in [-0.05, 0) is 18.2 Å². The fourth-order valence-corrected chi connectivity index (χ4v) is 2.41. The second-order valence-electron chi connectivity index (χ2n) is 3.92. The van der Waals surface area contributed by atoms with Crippen LogP contribution in [-0.4, -0.2) is 18.4 Å². The Morgan fingerprint density at radius 3 is 2.33 bits per heavy atom. The summed E-state index contributed by atoms with van der Waals surface area (Å²) in [6.45, 7) is 0. The van der Waals surface area contributed by atoms with Gasteiger partial charge in [-0.1, -0.05) is 0 Å². The van der Waals surface area contributed by atoms with Gasteiger partial charge in [-0.25, -0.2) is 13.4 Å². The second-order valence-corrected chi connectivity index (χ2v) is 5.61. The number of rotatable bonds is 3. The maximum atomic E-state index is 12.3. The van der Waals surface area contributed by atoms with E-state index in [-0.39, 0.29) is 10.6 Å². The van der Waals surface area contributed by atoms with Crippen molar-refractivity contribution in [1.29, 1.82) is 0 Å². The number of hydrogen-bond acceptors (Lipinski definition) is 4. The quantitative estimate of drug-likeness (QED) is 0.898. The summed E-state index contributed by atoms with van der Waals surface area (Å²) in [5.74, 6) is 0. The smallest absolute Gasteiger partial charge is 0.328 e. The largest absolute Gasteiger partial charge is 0.433 e. The zero-order chi connectivity index (χ0) is 15.7. The minimum Gasteiger partial charge on any atom is -0.328 e. The van der Waals surface area contributed by atoms with Crippen LogP contribution in [0.5, 0.6) is 0 Å². The lowest BCUT2D eigenvalue weighted by atomic mass is 10.3. The lowest BCUT2D eigenvalue weighted by Crippen LogP contribution is -2.16. The molecule has 0 aliphatic carbocycles. The fourth-order valence-electron chi connectivity index (χ4n) is 1.40. The molecule has 0 unspecified atom stereocenters. The first-order chi connectivity index (χ1) is 9.68. The minimum absolute atomic E-state index is 0.130. The van der Waals surface area contributed by atoms with E-state index in [1.165, 1.54) is 0 Å². The lowest BCUT2D eigenvalue weighted by molar-refractivity contribution is -0.141. The van der Waals surface area contributed by atoms with Gasteiger partial charge in [0.25, 0.3) is 10.0 Å². The van der Waals surface area contributed by atoms with Crippen molar-refractivity contribution in [3.05, 3.63) is 52.7 Å². The first-order valence-corrected chi connectivity index (χ1v) is 6.92. The molecule has 0 aliphatic heterocycles. The Bertz CT molecular complexity index is 777. The molecule has 10 heteroatoms. The fraction of sp³-hybridized carbons (Fsp3) is 0.0909. The predicted octanol–water partition coefficient (Wildman–Crippen LogP) is 1.59. The Kier molecular flexibility index (Phi) is 3.73. The molecular formula is C11H8F3N3O3S. The van der Waals surface area contributed by atoms with Crippen LogP contribution in [0.3, 0.4) is 0 Å². The van der Waals surface area contributed by atoms with E-state index in [9.17, 15) is 26.4 Å². The van der Waals surface area contributed by atoms with E-state index in [1.807, 2.05) is 0 Å². The predicted molar refractivity (Wildman–Crippen MR) is 67.1 cm³/mol. The Balaban J connectivity index is 2.25. The molecule has 2 heterocycles. The number of alkyl halides is 3. The highest BCUT2D eigenvalue weighted by Gasteiger charge is 2.32. The molecule has 0 bridgehead atoms. The number of aromatic amines is 1. The standard InChI is InChI=1S/C11H8F3N3O3S/c12-11(13,14)9-3-1-7(5-15-9)17-21(19,20)8-2-4-10(18)16-6-8/h1-6,17H,(H,16,18). The molecule has 0 atom stereocenters. The molecular weight excluding hydrogens is 311 g/mol. The van der Waals surface area contributed by atoms with E-state index < -0.39 is 27.5 Å². The number of nitrogens with zero attached hydrogens (tertiary/aromatic N) is 1. The summed E-state index contributed by atoms with van der Waals surface area (Å²) in [6.07, 6.45) is -2.87. The van der Waals surface area contributed by atoms with E-state index in [0.29, 0.717) is 6.07 Å². The molecule has 0 amide bonds. The van der Waals surface area contributed by atoms with E-state index in [1.54, 1.807) is 0 Å². The van der Waals surface area contributed by atoms with Gasteiger partial charge < -0.3 is 4.98 Å². The molecule has 2 N–H and O–H groups in total. The van der Waals surface area contributed by atoms with Crippen LogP contribution < -0.4 is 10.3 Å². The van der Waals surface area contributed by atoms with Crippen molar-refractivity contribution in [2.75, 3.05) is 4.72 Å². The Labute approximate surface area is 116 Å². The van der Waals surface area contributed by atoms with Crippen LogP contribution in [0, 0.1) is 0 Å². The molecule has 112 valence electrons. The third-order valence-electron chi connectivity index (χ3n) is 2.37. The molecule has 6 nitrogen and oxygen atoms in total. The Hall–Kier alpha value is -2.36. The van der Waals surface area contributed by atoms with Crippen LogP contribution in [0.4, 0.5) is 18.9 Å². The third kappa shape index (κ3) is 3.60. The van der Waals surface area contributed by atoms with E-state index in [4.69, 9.17) is 0 Å². The molecule has 0 aliphatic rings. The summed E-state index contributed by atoms with van der Waals surface area (Å²) >= 11 is 0. The average molecular weight is 319 g/mol. The van der Waals surface area contributed by atoms with Crippen molar-refractivity contribution >= 4 is 15.7 Å². The summed E-state index contributed by atoms with van der Waals surface area (Å²) in [4.78, 5) is 15.9. The van der Waals surface area contributed by atoms with Crippen LogP contribution >= 0.6 is 0 Å². The van der Waals surface area contributed by atoms with Gasteiger partial charge >= 0.3 is 6.18 Å². The number of sulfonamides is 1. The summed E-state index contributed by atoms with van der Waals surface area (Å²) in [5.41, 5.74) is -1.74. The molecule has 0 fully saturated rings. The van der Waals surface area contributed by atoms with Gasteiger partial charge in [0, 0.05) is 12.3 Å². The molecule has 0 saturated carbocycles. The number of aromatic nitrogens is 2. The van der Waals surface area contributed by atoms with Crippen molar-refractivity contribution in [2.24, 2.45) is 0 Å². The number of hydrogen-bond donors (Lipinski definition) is 2. The minimum atomic E-state index is -4.60. The molecule has 0 saturated heterocycles. The molecule has 0 spiro atoms. The van der Waals surface area contributed by atoms with E-state index in [0.717, 1.165) is 30.6 Å². The van der Waals surface area contributed by atoms with E-state index >= 15 is 0 Å². The van der Waals surface area contributed by atoms with Gasteiger partial charge in [0.2, 0.25) is 5.56 Å². The first-order valence-electron chi connectivity index (χ1n) is 5.43. The van der Waals surface area contributed by atoms with Gasteiger partial charge in [-0.2, -0.15) is 13.2 Å². The van der Waals surface area contributed by atoms with Crippen LogP contribution in [0.1, 0.15) is 5.69 Å². The molecule has 0 radical (unpaired) electrons. The zero-order valence-corrected chi connectivity index (χ0v) is 11.0. The Morgan fingerprint density at radius 2 is 1.86 bits per heavy atom. The summed E-state index contributed by atoms with van der Waals surface area (Å²) in [5, 5.41) is 0. The van der Waals surface area contributed by atoms with Crippen LogP contribution in [0.25, 0.3) is 0 Å². The number of anilines is 1. The molecule has 2 rings (SSSR count). The number of H-pyrrole nitrogens is 1. The van der Waals surface area contributed by atoms with Gasteiger partial charge in [-0.15, -0.1) is 0 Å². The second kappa shape index (κ2) is 5.20. The average Bonchev–Trinajstić information content (AvgIpc) is 2.38. The van der Waals surface area contributed by atoms with Gasteiger partial charge in [0.15, 0.2) is 0 Å². The number of pyridine rings is 2. The van der Waals surface area contributed by atoms with Gasteiger partial charge in [0.1, 0.15) is 10.6 Å². The summed E-state index contributed by atoms with van der Waals surface area (Å²) in [6, 6.07) is 3.68. The van der Waals surface area contributed by atoms with Crippen LogP contribution in [0.15, 0.2) is 46.3 Å². The molecule has 0 aromatic carbocycles. The van der Waals surface area contributed by atoms with Gasteiger partial charge in [0.05, 0.1) is 11.9 Å².